The zero-order valence-corrected chi connectivity index (χ0v) is 22.1. The number of hydrogen-bond acceptors (Lipinski definition) is 5. The molecule has 204 valence electrons. The number of halogens is 3. The smallest absolute Gasteiger partial charge is 0.271 e. The number of aromatic nitrogens is 1. The number of aromatic amines is 1. The third-order valence-electron chi connectivity index (χ3n) is 8.24. The average molecular weight is 567 g/mol. The van der Waals surface area contributed by atoms with E-state index in [-0.39, 0.29) is 51.3 Å². The van der Waals surface area contributed by atoms with E-state index in [2.05, 4.69) is 15.6 Å². The van der Waals surface area contributed by atoms with Crippen LogP contribution in [-0.2, 0) is 14.4 Å². The molecule has 4 N–H and O–H groups in total. The van der Waals surface area contributed by atoms with Crippen LogP contribution in [0.4, 0.5) is 4.39 Å². The first kappa shape index (κ1) is 26.9. The molecule has 3 aliphatic rings. The van der Waals surface area contributed by atoms with Crippen LogP contribution in [0, 0.1) is 23.6 Å². The van der Waals surface area contributed by atoms with Gasteiger partial charge in [0.2, 0.25) is 11.8 Å². The van der Waals surface area contributed by atoms with Crippen molar-refractivity contribution >= 4 is 57.6 Å². The number of benzene rings is 1. The molecule has 1 aliphatic carbocycles. The number of carbonyl (C=O) groups is 4. The van der Waals surface area contributed by atoms with Gasteiger partial charge in [-0.3, -0.25) is 19.2 Å². The maximum Gasteiger partial charge on any atom is 0.271 e. The number of likely N-dealkylation sites (tertiary alicyclic amines) is 1. The molecule has 1 aromatic heterocycles. The van der Waals surface area contributed by atoms with Gasteiger partial charge in [-0.15, -0.1) is 0 Å². The Hall–Kier alpha value is -2.69. The summed E-state index contributed by atoms with van der Waals surface area (Å²) in [5.74, 6) is -2.42. The van der Waals surface area contributed by atoms with Crippen LogP contribution in [0.5, 0.6) is 0 Å². The molecule has 3 amide bonds. The van der Waals surface area contributed by atoms with Crippen LogP contribution in [0.2, 0.25) is 10.0 Å². The third-order valence-corrected chi connectivity index (χ3v) is 8.92. The third kappa shape index (κ3) is 4.89. The van der Waals surface area contributed by atoms with Gasteiger partial charge in [0, 0.05) is 24.4 Å². The van der Waals surface area contributed by atoms with Crippen molar-refractivity contribution in [2.75, 3.05) is 19.7 Å². The van der Waals surface area contributed by atoms with Gasteiger partial charge in [-0.1, -0.05) is 29.6 Å². The van der Waals surface area contributed by atoms with Crippen LogP contribution in [0.1, 0.15) is 49.0 Å². The van der Waals surface area contributed by atoms with Gasteiger partial charge in [-0.2, -0.15) is 0 Å². The molecule has 2 aromatic rings. The molecule has 0 radical (unpaired) electrons. The highest BCUT2D eigenvalue weighted by Gasteiger charge is 2.50. The van der Waals surface area contributed by atoms with Gasteiger partial charge in [0.1, 0.15) is 29.2 Å². The molecule has 0 bridgehead atoms. The highest BCUT2D eigenvalue weighted by molar-refractivity contribution is 6.40. The van der Waals surface area contributed by atoms with Crippen molar-refractivity contribution < 1.29 is 28.7 Å². The van der Waals surface area contributed by atoms with Crippen LogP contribution in [-0.4, -0.2) is 70.3 Å². The standard InChI is InChI=1S/C26H29Cl2FN4O5/c27-16-9-17(29)21(28)22-15(16)8-19(31-22)26(38)33-10-13-2-1-3-14(13)23(33)25(37)32-18(20(35)11-34)5-4-12-6-7-30-24(12)36/h8-9,12-14,18,23,31,34H,1-7,10-11H2,(H,30,36)(H,32,37)/t12-,13+,14+,18+,23+/m1/s1. The molecule has 3 heterocycles. The van der Waals surface area contributed by atoms with E-state index in [1.807, 2.05) is 0 Å². The molecule has 9 nitrogen and oxygen atoms in total. The largest absolute Gasteiger partial charge is 0.389 e. The first-order valence-corrected chi connectivity index (χ1v) is 13.6. The first-order valence-electron chi connectivity index (χ1n) is 12.9. The van der Waals surface area contributed by atoms with Gasteiger partial charge in [-0.05, 0) is 56.1 Å². The molecule has 2 aliphatic heterocycles. The number of carbonyl (C=O) groups excluding carboxylic acids is 4. The highest BCUT2D eigenvalue weighted by atomic mass is 35.5. The lowest BCUT2D eigenvalue weighted by Crippen LogP contribution is -2.53. The number of fused-ring (bicyclic) bond motifs is 2. The highest BCUT2D eigenvalue weighted by Crippen LogP contribution is 2.43. The lowest BCUT2D eigenvalue weighted by atomic mass is 9.92. The molecule has 2 saturated heterocycles. The summed E-state index contributed by atoms with van der Waals surface area (Å²) in [6, 6.07) is 0.803. The number of rotatable bonds is 8. The fraction of sp³-hybridized carbons (Fsp3) is 0.538. The van der Waals surface area contributed by atoms with Crippen molar-refractivity contribution in [3.63, 3.8) is 0 Å². The minimum Gasteiger partial charge on any atom is -0.389 e. The van der Waals surface area contributed by atoms with E-state index >= 15 is 0 Å². The van der Waals surface area contributed by atoms with Crippen molar-refractivity contribution in [1.29, 1.82) is 0 Å². The zero-order chi connectivity index (χ0) is 27.1. The van der Waals surface area contributed by atoms with Crippen LogP contribution < -0.4 is 10.6 Å². The van der Waals surface area contributed by atoms with Crippen LogP contribution in [0.25, 0.3) is 10.9 Å². The van der Waals surface area contributed by atoms with Crippen LogP contribution in [0.3, 0.4) is 0 Å². The summed E-state index contributed by atoms with van der Waals surface area (Å²) < 4.78 is 14.1. The predicted molar refractivity (Wildman–Crippen MR) is 138 cm³/mol. The molecule has 5 rings (SSSR count). The molecule has 5 atom stereocenters. The second-order valence-corrected chi connectivity index (χ2v) is 11.2. The molecule has 3 fully saturated rings. The number of hydrogen-bond donors (Lipinski definition) is 4. The molecule has 0 spiro atoms. The van der Waals surface area contributed by atoms with E-state index in [0.29, 0.717) is 31.3 Å². The molecular weight excluding hydrogens is 538 g/mol. The summed E-state index contributed by atoms with van der Waals surface area (Å²) in [6.07, 6.45) is 3.85. The normalized spacial score (nSPS) is 25.5. The fourth-order valence-corrected chi connectivity index (χ4v) is 6.73. The summed E-state index contributed by atoms with van der Waals surface area (Å²) in [6.45, 7) is 0.204. The van der Waals surface area contributed by atoms with Crippen LogP contribution in [0.15, 0.2) is 12.1 Å². The van der Waals surface area contributed by atoms with Crippen molar-refractivity contribution in [3.8, 4) is 0 Å². The number of amides is 3. The van der Waals surface area contributed by atoms with Crippen molar-refractivity contribution in [2.24, 2.45) is 17.8 Å². The molecule has 0 unspecified atom stereocenters. The van der Waals surface area contributed by atoms with E-state index in [9.17, 15) is 28.7 Å². The van der Waals surface area contributed by atoms with Gasteiger partial charge in [0.25, 0.3) is 5.91 Å². The maximum atomic E-state index is 14.1. The Morgan fingerprint density at radius 2 is 2.00 bits per heavy atom. The lowest BCUT2D eigenvalue weighted by molar-refractivity contribution is -0.132. The van der Waals surface area contributed by atoms with E-state index in [4.69, 9.17) is 23.2 Å². The number of aliphatic hydroxyl groups is 1. The summed E-state index contributed by atoms with van der Waals surface area (Å²) >= 11 is 12.3. The van der Waals surface area contributed by atoms with E-state index < -0.39 is 42.1 Å². The Bertz CT molecular complexity index is 1300. The minimum absolute atomic E-state index is 0.0709. The van der Waals surface area contributed by atoms with Crippen molar-refractivity contribution in [1.82, 2.24) is 20.5 Å². The number of Topliss-reactive ketones (excluding diaryl/α,β-unsaturated/α-hetero) is 1. The molecule has 38 heavy (non-hydrogen) atoms. The lowest BCUT2D eigenvalue weighted by Gasteiger charge is -2.28. The van der Waals surface area contributed by atoms with Crippen LogP contribution >= 0.6 is 23.2 Å². The molecule has 12 heteroatoms. The number of nitrogens with zero attached hydrogens (tertiary/aromatic N) is 1. The Labute approximate surface area is 228 Å². The quantitative estimate of drug-likeness (QED) is 0.365. The topological polar surface area (TPSA) is 132 Å². The second-order valence-electron chi connectivity index (χ2n) is 10.4. The Morgan fingerprint density at radius 3 is 2.71 bits per heavy atom. The Kier molecular flexibility index (Phi) is 7.66. The Balaban J connectivity index is 1.38. The first-order chi connectivity index (χ1) is 18.2. The summed E-state index contributed by atoms with van der Waals surface area (Å²) in [5, 5.41) is 15.3. The minimum atomic E-state index is -0.966. The fourth-order valence-electron chi connectivity index (χ4n) is 6.28. The number of aliphatic hydroxyl groups excluding tert-OH is 1. The maximum absolute atomic E-state index is 14.1. The average Bonchev–Trinajstić information content (AvgIpc) is 3.68. The van der Waals surface area contributed by atoms with Gasteiger partial charge < -0.3 is 25.6 Å². The Morgan fingerprint density at radius 1 is 1.21 bits per heavy atom. The van der Waals surface area contributed by atoms with E-state index in [0.717, 1.165) is 25.3 Å². The zero-order valence-electron chi connectivity index (χ0n) is 20.6. The van der Waals surface area contributed by atoms with Gasteiger partial charge in [-0.25, -0.2) is 4.39 Å². The summed E-state index contributed by atoms with van der Waals surface area (Å²) in [4.78, 5) is 56.1. The van der Waals surface area contributed by atoms with Crippen molar-refractivity contribution in [2.45, 2.75) is 50.6 Å². The number of ketones is 1. The van der Waals surface area contributed by atoms with E-state index in [1.165, 1.54) is 11.0 Å². The van der Waals surface area contributed by atoms with E-state index in [1.54, 1.807) is 0 Å². The summed E-state index contributed by atoms with van der Waals surface area (Å²) in [5.41, 5.74) is 0.326. The van der Waals surface area contributed by atoms with Gasteiger partial charge >= 0.3 is 0 Å². The molecular formula is C26H29Cl2FN4O5. The SMILES string of the molecule is O=C1NCC[C@H]1CC[C@H](NC(=O)[C@@H]1[C@H]2CCC[C@H]2CN1C(=O)c1cc2c(Cl)cc(F)c(Cl)c2[nH]1)C(=O)CO. The predicted octanol–water partition coefficient (Wildman–Crippen LogP) is 2.82. The monoisotopic (exact) mass is 566 g/mol. The second kappa shape index (κ2) is 10.8. The number of nitrogens with one attached hydrogen (secondary N) is 3. The van der Waals surface area contributed by atoms with Gasteiger partial charge in [0.05, 0.1) is 16.6 Å². The van der Waals surface area contributed by atoms with Gasteiger partial charge in [0.15, 0.2) is 5.78 Å². The molecule has 1 aromatic carbocycles. The van der Waals surface area contributed by atoms with Crippen molar-refractivity contribution in [3.05, 3.63) is 33.7 Å². The summed E-state index contributed by atoms with van der Waals surface area (Å²) in [7, 11) is 0. The number of H-pyrrole nitrogens is 1. The molecule has 1 saturated carbocycles.